The van der Waals surface area contributed by atoms with E-state index in [9.17, 15) is 26.7 Å². The van der Waals surface area contributed by atoms with Gasteiger partial charge >= 0.3 is 6.18 Å². The smallest absolute Gasteiger partial charge is 0.333 e. The summed E-state index contributed by atoms with van der Waals surface area (Å²) in [6.45, 7) is 3.37. The van der Waals surface area contributed by atoms with Crippen LogP contribution in [0.3, 0.4) is 0 Å². The maximum atomic E-state index is 13.6. The van der Waals surface area contributed by atoms with E-state index in [0.29, 0.717) is 0 Å². The molecule has 1 amide bonds. The first-order chi connectivity index (χ1) is 13.0. The number of amides is 1. The van der Waals surface area contributed by atoms with E-state index >= 15 is 0 Å². The molecule has 1 aromatic rings. The van der Waals surface area contributed by atoms with Gasteiger partial charge in [0, 0.05) is 31.7 Å². The van der Waals surface area contributed by atoms with Gasteiger partial charge in [0.1, 0.15) is 17.5 Å². The van der Waals surface area contributed by atoms with E-state index in [-0.39, 0.29) is 48.7 Å². The Morgan fingerprint density at radius 1 is 1.39 bits per heavy atom. The van der Waals surface area contributed by atoms with Gasteiger partial charge in [0.05, 0.1) is 11.0 Å². The third-order valence-electron chi connectivity index (χ3n) is 4.02. The third-order valence-corrected chi connectivity index (χ3v) is 4.68. The van der Waals surface area contributed by atoms with E-state index in [0.717, 1.165) is 18.3 Å². The van der Waals surface area contributed by atoms with Crippen molar-refractivity contribution in [1.29, 1.82) is 0 Å². The number of carbonyl (C=O) groups excluding carboxylic acids is 1. The molecule has 1 aromatic heterocycles. The van der Waals surface area contributed by atoms with Gasteiger partial charge in [-0.2, -0.15) is 13.2 Å². The minimum Gasteiger partial charge on any atom is -0.333 e. The number of halogens is 6. The van der Waals surface area contributed by atoms with Crippen LogP contribution in [0.5, 0.6) is 0 Å². The predicted octanol–water partition coefficient (Wildman–Crippen LogP) is 3.97. The molecule has 0 aliphatic carbocycles. The first-order valence-electron chi connectivity index (χ1n) is 8.21. The highest BCUT2D eigenvalue weighted by atomic mass is 79.9. The van der Waals surface area contributed by atoms with Crippen LogP contribution in [-0.2, 0) is 24.1 Å². The zero-order valence-electron chi connectivity index (χ0n) is 14.6. The SMILES string of the molecule is C=C(F)/C(Br)=C\C(F)=C\CC(N)CC(=O)N1CCn2cc(C(F)(F)F)nc2C1. The van der Waals surface area contributed by atoms with Crippen molar-refractivity contribution in [3.05, 3.63) is 52.6 Å². The first-order valence-corrected chi connectivity index (χ1v) is 9.01. The van der Waals surface area contributed by atoms with Crippen LogP contribution in [0.25, 0.3) is 0 Å². The minimum absolute atomic E-state index is 0.0216. The number of fused-ring (bicyclic) bond motifs is 1. The second-order valence-corrected chi connectivity index (χ2v) is 7.09. The lowest BCUT2D eigenvalue weighted by molar-refractivity contribution is -0.141. The van der Waals surface area contributed by atoms with Crippen LogP contribution in [-0.4, -0.2) is 32.9 Å². The quantitative estimate of drug-likeness (QED) is 0.507. The van der Waals surface area contributed by atoms with Crippen LogP contribution in [0.15, 0.2) is 41.1 Å². The van der Waals surface area contributed by atoms with Crippen molar-refractivity contribution in [3.63, 3.8) is 0 Å². The summed E-state index contributed by atoms with van der Waals surface area (Å²) < 4.78 is 65.8. The molecule has 0 bridgehead atoms. The Morgan fingerprint density at radius 3 is 2.68 bits per heavy atom. The van der Waals surface area contributed by atoms with Gasteiger partial charge in [-0.25, -0.2) is 13.8 Å². The number of aromatic nitrogens is 2. The monoisotopic (exact) mass is 468 g/mol. The van der Waals surface area contributed by atoms with Crippen molar-refractivity contribution in [2.24, 2.45) is 5.73 Å². The van der Waals surface area contributed by atoms with Gasteiger partial charge in [0.25, 0.3) is 0 Å². The molecular formula is C17H18BrF5N4O. The lowest BCUT2D eigenvalue weighted by Gasteiger charge is -2.28. The molecule has 0 saturated carbocycles. The molecule has 1 aliphatic rings. The van der Waals surface area contributed by atoms with Gasteiger partial charge in [-0.05, 0) is 34.5 Å². The Bertz CT molecular complexity index is 815. The lowest BCUT2D eigenvalue weighted by Crippen LogP contribution is -2.40. The van der Waals surface area contributed by atoms with E-state index in [1.54, 1.807) is 0 Å². The molecule has 0 fully saturated rings. The van der Waals surface area contributed by atoms with E-state index < -0.39 is 29.6 Å². The summed E-state index contributed by atoms with van der Waals surface area (Å²) in [5, 5.41) is 0. The Kier molecular flexibility index (Phi) is 7.16. The van der Waals surface area contributed by atoms with Crippen molar-refractivity contribution >= 4 is 21.8 Å². The molecule has 28 heavy (non-hydrogen) atoms. The topological polar surface area (TPSA) is 64.2 Å². The molecule has 2 rings (SSSR count). The van der Waals surface area contributed by atoms with Crippen LogP contribution in [0.4, 0.5) is 22.0 Å². The van der Waals surface area contributed by atoms with Crippen LogP contribution < -0.4 is 5.73 Å². The zero-order valence-corrected chi connectivity index (χ0v) is 16.2. The highest BCUT2D eigenvalue weighted by Gasteiger charge is 2.36. The fourth-order valence-electron chi connectivity index (χ4n) is 2.56. The van der Waals surface area contributed by atoms with Crippen LogP contribution >= 0.6 is 15.9 Å². The molecule has 2 heterocycles. The Morgan fingerprint density at radius 2 is 2.07 bits per heavy atom. The molecule has 1 unspecified atom stereocenters. The molecule has 2 N–H and O–H groups in total. The predicted molar refractivity (Wildman–Crippen MR) is 96.3 cm³/mol. The molecule has 154 valence electrons. The molecular weight excluding hydrogens is 451 g/mol. The molecule has 1 aliphatic heterocycles. The molecule has 0 spiro atoms. The number of hydrogen-bond acceptors (Lipinski definition) is 3. The van der Waals surface area contributed by atoms with E-state index in [1.165, 1.54) is 9.47 Å². The molecule has 0 aromatic carbocycles. The maximum absolute atomic E-state index is 13.6. The largest absolute Gasteiger partial charge is 0.434 e. The highest BCUT2D eigenvalue weighted by molar-refractivity contribution is 9.11. The normalized spacial score (nSPS) is 16.8. The number of nitrogens with zero attached hydrogens (tertiary/aromatic N) is 3. The fraction of sp³-hybridized carbons (Fsp3) is 0.412. The number of nitrogens with two attached hydrogens (primary N) is 1. The summed E-state index contributed by atoms with van der Waals surface area (Å²) in [6, 6.07) is -0.702. The number of alkyl halides is 3. The molecule has 0 radical (unpaired) electrons. The summed E-state index contributed by atoms with van der Waals surface area (Å²) in [5.74, 6) is -1.79. The second kappa shape index (κ2) is 8.99. The highest BCUT2D eigenvalue weighted by Crippen LogP contribution is 2.29. The summed E-state index contributed by atoms with van der Waals surface area (Å²) in [6.07, 6.45) is -1.71. The van der Waals surface area contributed by atoms with Gasteiger partial charge in [0.2, 0.25) is 5.91 Å². The van der Waals surface area contributed by atoms with Gasteiger partial charge in [0.15, 0.2) is 5.69 Å². The van der Waals surface area contributed by atoms with Crippen molar-refractivity contribution in [2.75, 3.05) is 6.54 Å². The maximum Gasteiger partial charge on any atom is 0.434 e. The average molecular weight is 469 g/mol. The van der Waals surface area contributed by atoms with Gasteiger partial charge in [-0.15, -0.1) is 0 Å². The van der Waals surface area contributed by atoms with Crippen molar-refractivity contribution in [3.8, 4) is 0 Å². The Balaban J connectivity index is 1.92. The van der Waals surface area contributed by atoms with E-state index in [1.807, 2.05) is 0 Å². The molecule has 1 atom stereocenters. The number of hydrogen-bond donors (Lipinski definition) is 1. The van der Waals surface area contributed by atoms with Gasteiger partial charge in [-0.1, -0.05) is 6.58 Å². The molecule has 5 nitrogen and oxygen atoms in total. The average Bonchev–Trinajstić information content (AvgIpc) is 3.03. The third kappa shape index (κ3) is 5.99. The number of allylic oxidation sites excluding steroid dienone is 4. The summed E-state index contributed by atoms with van der Waals surface area (Å²) >= 11 is 2.80. The zero-order chi connectivity index (χ0) is 21.1. The second-order valence-electron chi connectivity index (χ2n) is 6.23. The Hall–Kier alpha value is -2.01. The summed E-state index contributed by atoms with van der Waals surface area (Å²) in [5.41, 5.74) is 4.83. The van der Waals surface area contributed by atoms with E-state index in [2.05, 4.69) is 27.5 Å². The van der Waals surface area contributed by atoms with Crippen molar-refractivity contribution < 1.29 is 26.7 Å². The molecule has 11 heteroatoms. The summed E-state index contributed by atoms with van der Waals surface area (Å²) in [7, 11) is 0. The van der Waals surface area contributed by atoms with Crippen molar-refractivity contribution in [2.45, 2.75) is 38.1 Å². The number of imidazole rings is 1. The van der Waals surface area contributed by atoms with E-state index in [4.69, 9.17) is 5.73 Å². The first kappa shape index (κ1) is 22.3. The fourth-order valence-corrected chi connectivity index (χ4v) is 2.78. The summed E-state index contributed by atoms with van der Waals surface area (Å²) in [4.78, 5) is 17.2. The van der Waals surface area contributed by atoms with Gasteiger partial charge < -0.3 is 15.2 Å². The van der Waals surface area contributed by atoms with Crippen LogP contribution in [0.2, 0.25) is 0 Å². The van der Waals surface area contributed by atoms with Gasteiger partial charge in [-0.3, -0.25) is 4.79 Å². The van der Waals surface area contributed by atoms with Crippen LogP contribution in [0, 0.1) is 0 Å². The van der Waals surface area contributed by atoms with Crippen LogP contribution in [0.1, 0.15) is 24.4 Å². The number of carbonyl (C=O) groups is 1. The number of rotatable bonds is 6. The molecule has 0 saturated heterocycles. The standard InChI is InChI=1S/C17H18BrF5N4O/c1-10(19)13(18)6-11(20)2-3-12(24)7-16(28)27-5-4-26-8-14(17(21,22)23)25-15(26)9-27/h2,6,8,12H,1,3-5,7,9,24H2/b11-2-,13-6+. The lowest BCUT2D eigenvalue weighted by atomic mass is 10.1. The minimum atomic E-state index is -4.55. The van der Waals surface area contributed by atoms with Crippen molar-refractivity contribution in [1.82, 2.24) is 14.5 Å². The Labute approximate surface area is 166 Å².